The van der Waals surface area contributed by atoms with Gasteiger partial charge in [-0.3, -0.25) is 4.79 Å². The molecule has 0 bridgehead atoms. The van der Waals surface area contributed by atoms with Crippen molar-refractivity contribution in [3.63, 3.8) is 0 Å². The van der Waals surface area contributed by atoms with Gasteiger partial charge in [0.15, 0.2) is 5.75 Å². The molecule has 3 aliphatic rings. The number of aryl methyl sites for hydroxylation is 1. The minimum atomic E-state index is -3.79. The van der Waals surface area contributed by atoms with Crippen LogP contribution >= 0.6 is 0 Å². The molecule has 3 heterocycles. The van der Waals surface area contributed by atoms with Crippen LogP contribution in [0.15, 0.2) is 35.2 Å². The fourth-order valence-electron chi connectivity index (χ4n) is 4.59. The van der Waals surface area contributed by atoms with Gasteiger partial charge in [0.2, 0.25) is 10.0 Å². The molecule has 9 heteroatoms. The molecule has 2 fully saturated rings. The molecule has 0 aliphatic carbocycles. The van der Waals surface area contributed by atoms with Gasteiger partial charge >= 0.3 is 0 Å². The molecular formula is C24H29N3O5S. The standard InChI is InChI=1S/C24H29N3O5S/c1-16-7-8-21-19(12-16)26-24(28)18-13-23(33(29,30)27-9-3-2-4-10-27)20(14-22(18)32-21)25-15-17-6-5-11-31-17/h7-8,12-14,17,25H,2-6,9-11,15H2,1H3,(H,26,28)/t17-/m1/s1. The molecule has 2 aromatic carbocycles. The number of nitrogens with one attached hydrogen (secondary N) is 2. The highest BCUT2D eigenvalue weighted by Gasteiger charge is 2.32. The minimum absolute atomic E-state index is 0.0299. The molecule has 5 rings (SSSR count). The minimum Gasteiger partial charge on any atom is -0.454 e. The quantitative estimate of drug-likeness (QED) is 0.681. The number of piperidine rings is 1. The number of fused-ring (bicyclic) bond motifs is 2. The van der Waals surface area contributed by atoms with Crippen molar-refractivity contribution in [3.8, 4) is 11.5 Å². The molecule has 176 valence electrons. The van der Waals surface area contributed by atoms with Crippen LogP contribution in [0.1, 0.15) is 48.0 Å². The van der Waals surface area contributed by atoms with Crippen LogP contribution in [0, 0.1) is 6.92 Å². The Hall–Kier alpha value is -2.62. The number of amides is 1. The van der Waals surface area contributed by atoms with Gasteiger partial charge in [0.1, 0.15) is 10.6 Å². The Labute approximate surface area is 194 Å². The van der Waals surface area contributed by atoms with E-state index in [-0.39, 0.29) is 16.6 Å². The number of sulfonamides is 1. The number of hydrogen-bond donors (Lipinski definition) is 2. The highest BCUT2D eigenvalue weighted by Crippen LogP contribution is 2.40. The van der Waals surface area contributed by atoms with Gasteiger partial charge in [0, 0.05) is 32.3 Å². The van der Waals surface area contributed by atoms with Gasteiger partial charge in [-0.05, 0) is 56.4 Å². The lowest BCUT2D eigenvalue weighted by Crippen LogP contribution is -2.36. The summed E-state index contributed by atoms with van der Waals surface area (Å²) < 4.78 is 40.6. The highest BCUT2D eigenvalue weighted by molar-refractivity contribution is 7.89. The second-order valence-electron chi connectivity index (χ2n) is 8.88. The predicted octanol–water partition coefficient (Wildman–Crippen LogP) is 4.12. The number of carbonyl (C=O) groups excluding carboxylic acids is 1. The van der Waals surface area contributed by atoms with E-state index in [4.69, 9.17) is 9.47 Å². The molecule has 0 radical (unpaired) electrons. The maximum absolute atomic E-state index is 13.6. The van der Waals surface area contributed by atoms with Gasteiger partial charge in [-0.2, -0.15) is 4.31 Å². The Morgan fingerprint density at radius 1 is 1.09 bits per heavy atom. The van der Waals surface area contributed by atoms with Crippen molar-refractivity contribution in [1.82, 2.24) is 4.31 Å². The summed E-state index contributed by atoms with van der Waals surface area (Å²) in [4.78, 5) is 13.2. The third-order valence-electron chi connectivity index (χ3n) is 6.41. The smallest absolute Gasteiger partial charge is 0.259 e. The van der Waals surface area contributed by atoms with Gasteiger partial charge < -0.3 is 20.1 Å². The van der Waals surface area contributed by atoms with Crippen LogP contribution < -0.4 is 15.4 Å². The number of carbonyl (C=O) groups is 1. The SMILES string of the molecule is Cc1ccc2c(c1)NC(=O)c1cc(S(=O)(=O)N3CCCCC3)c(NC[C@H]3CCCO3)cc1O2. The van der Waals surface area contributed by atoms with Crippen molar-refractivity contribution in [2.45, 2.75) is 50.0 Å². The Bertz CT molecular complexity index is 1170. The molecule has 1 atom stereocenters. The largest absolute Gasteiger partial charge is 0.454 e. The third kappa shape index (κ3) is 4.45. The summed E-state index contributed by atoms with van der Waals surface area (Å²) in [5, 5.41) is 6.14. The molecule has 0 saturated carbocycles. The summed E-state index contributed by atoms with van der Waals surface area (Å²) in [6.45, 7) is 4.11. The average Bonchev–Trinajstić information content (AvgIpc) is 3.29. The third-order valence-corrected chi connectivity index (χ3v) is 8.35. The van der Waals surface area contributed by atoms with E-state index in [2.05, 4.69) is 10.6 Å². The van der Waals surface area contributed by atoms with Crippen molar-refractivity contribution < 1.29 is 22.7 Å². The number of ether oxygens (including phenoxy) is 2. The van der Waals surface area contributed by atoms with Crippen molar-refractivity contribution in [2.75, 3.05) is 36.9 Å². The fraction of sp³-hybridized carbons (Fsp3) is 0.458. The van der Waals surface area contributed by atoms with Gasteiger partial charge in [0.05, 0.1) is 23.0 Å². The predicted molar refractivity (Wildman–Crippen MR) is 126 cm³/mol. The van der Waals surface area contributed by atoms with Gasteiger partial charge in [0.25, 0.3) is 5.91 Å². The molecule has 2 N–H and O–H groups in total. The average molecular weight is 472 g/mol. The van der Waals surface area contributed by atoms with E-state index in [1.165, 1.54) is 10.4 Å². The Balaban J connectivity index is 1.57. The van der Waals surface area contributed by atoms with Crippen molar-refractivity contribution >= 4 is 27.3 Å². The lowest BCUT2D eigenvalue weighted by molar-refractivity contribution is 0.102. The zero-order chi connectivity index (χ0) is 23.0. The van der Waals surface area contributed by atoms with Crippen LogP contribution in [0.3, 0.4) is 0 Å². The fourth-order valence-corrected chi connectivity index (χ4v) is 6.28. The van der Waals surface area contributed by atoms with E-state index in [1.54, 1.807) is 12.1 Å². The normalized spacial score (nSPS) is 20.9. The Morgan fingerprint density at radius 2 is 1.91 bits per heavy atom. The van der Waals surface area contributed by atoms with E-state index in [9.17, 15) is 13.2 Å². The van der Waals surface area contributed by atoms with Crippen LogP contribution in [-0.4, -0.2) is 51.0 Å². The van der Waals surface area contributed by atoms with Crippen LogP contribution in [0.25, 0.3) is 0 Å². The molecule has 2 saturated heterocycles. The maximum Gasteiger partial charge on any atom is 0.259 e. The number of hydrogen-bond acceptors (Lipinski definition) is 6. The van der Waals surface area contributed by atoms with Crippen LogP contribution in [0.2, 0.25) is 0 Å². The Kier molecular flexibility index (Phi) is 6.03. The second kappa shape index (κ2) is 8.96. The summed E-state index contributed by atoms with van der Waals surface area (Å²) in [5.41, 5.74) is 2.17. The van der Waals surface area contributed by atoms with E-state index >= 15 is 0 Å². The lowest BCUT2D eigenvalue weighted by Gasteiger charge is -2.27. The summed E-state index contributed by atoms with van der Waals surface area (Å²) in [7, 11) is -3.79. The molecular weight excluding hydrogens is 442 g/mol. The number of rotatable bonds is 5. The van der Waals surface area contributed by atoms with E-state index < -0.39 is 15.9 Å². The molecule has 2 aromatic rings. The van der Waals surface area contributed by atoms with Gasteiger partial charge in [-0.1, -0.05) is 12.5 Å². The second-order valence-corrected chi connectivity index (χ2v) is 10.8. The number of anilines is 2. The first kappa shape index (κ1) is 22.2. The summed E-state index contributed by atoms with van der Waals surface area (Å²) in [5.74, 6) is 0.446. The first-order valence-electron chi connectivity index (χ1n) is 11.6. The van der Waals surface area contributed by atoms with Crippen LogP contribution in [0.5, 0.6) is 11.5 Å². The van der Waals surface area contributed by atoms with Gasteiger partial charge in [-0.15, -0.1) is 0 Å². The summed E-state index contributed by atoms with van der Waals surface area (Å²) in [6, 6.07) is 8.63. The van der Waals surface area contributed by atoms with Crippen LogP contribution in [0.4, 0.5) is 11.4 Å². The van der Waals surface area contributed by atoms with Crippen molar-refractivity contribution in [1.29, 1.82) is 0 Å². The van der Waals surface area contributed by atoms with Gasteiger partial charge in [-0.25, -0.2) is 8.42 Å². The first-order valence-corrected chi connectivity index (χ1v) is 13.0. The molecule has 0 unspecified atom stereocenters. The monoisotopic (exact) mass is 471 g/mol. The topological polar surface area (TPSA) is 97.0 Å². The molecule has 8 nitrogen and oxygen atoms in total. The highest BCUT2D eigenvalue weighted by atomic mass is 32.2. The summed E-state index contributed by atoms with van der Waals surface area (Å²) in [6.07, 6.45) is 4.64. The molecule has 0 aromatic heterocycles. The zero-order valence-corrected chi connectivity index (χ0v) is 19.5. The van der Waals surface area contributed by atoms with Crippen molar-refractivity contribution in [3.05, 3.63) is 41.5 Å². The summed E-state index contributed by atoms with van der Waals surface area (Å²) >= 11 is 0. The molecule has 1 amide bonds. The van der Waals surface area contributed by atoms with Crippen molar-refractivity contribution in [2.24, 2.45) is 0 Å². The first-order chi connectivity index (χ1) is 15.9. The molecule has 0 spiro atoms. The Morgan fingerprint density at radius 3 is 2.67 bits per heavy atom. The molecule has 33 heavy (non-hydrogen) atoms. The van der Waals surface area contributed by atoms with E-state index in [1.807, 2.05) is 19.1 Å². The zero-order valence-electron chi connectivity index (χ0n) is 18.7. The molecule has 3 aliphatic heterocycles. The maximum atomic E-state index is 13.6. The van der Waals surface area contributed by atoms with E-state index in [0.717, 1.165) is 44.3 Å². The number of benzene rings is 2. The van der Waals surface area contributed by atoms with Crippen LogP contribution in [-0.2, 0) is 14.8 Å². The lowest BCUT2D eigenvalue weighted by atomic mass is 10.1. The number of nitrogens with zero attached hydrogens (tertiary/aromatic N) is 1. The van der Waals surface area contributed by atoms with E-state index in [0.29, 0.717) is 42.5 Å².